The first kappa shape index (κ1) is 19.6. The van der Waals surface area contributed by atoms with Gasteiger partial charge in [-0.05, 0) is 48.7 Å². The molecule has 0 fully saturated rings. The number of benzene rings is 2. The molecule has 6 nitrogen and oxygen atoms in total. The van der Waals surface area contributed by atoms with Gasteiger partial charge in [0.1, 0.15) is 11.4 Å². The van der Waals surface area contributed by atoms with Crippen molar-refractivity contribution in [3.63, 3.8) is 0 Å². The number of carbonyl (C=O) groups excluding carboxylic acids is 1. The summed E-state index contributed by atoms with van der Waals surface area (Å²) >= 11 is 6.02. The number of rotatable bonds is 6. The number of hydrogen-bond acceptors (Lipinski definition) is 5. The van der Waals surface area contributed by atoms with E-state index in [1.165, 1.54) is 7.11 Å². The van der Waals surface area contributed by atoms with Gasteiger partial charge >= 0.3 is 0 Å². The second-order valence-corrected chi connectivity index (χ2v) is 6.59. The third kappa shape index (κ3) is 4.40. The van der Waals surface area contributed by atoms with E-state index in [0.717, 1.165) is 23.2 Å². The number of ether oxygens (including phenoxy) is 1. The molecule has 2 aromatic carbocycles. The highest BCUT2D eigenvalue weighted by atomic mass is 35.5. The fourth-order valence-corrected chi connectivity index (χ4v) is 3.00. The monoisotopic (exact) mass is 396 g/mol. The van der Waals surface area contributed by atoms with Crippen molar-refractivity contribution in [2.24, 2.45) is 0 Å². The van der Waals surface area contributed by atoms with Crippen LogP contribution >= 0.6 is 11.6 Å². The van der Waals surface area contributed by atoms with Crippen molar-refractivity contribution in [1.29, 1.82) is 0 Å². The summed E-state index contributed by atoms with van der Waals surface area (Å²) < 4.78 is 5.26. The summed E-state index contributed by atoms with van der Waals surface area (Å²) in [5, 5.41) is 6.50. The zero-order chi connectivity index (χ0) is 20.1. The van der Waals surface area contributed by atoms with Gasteiger partial charge in [0.2, 0.25) is 5.95 Å². The smallest absolute Gasteiger partial charge is 0.274 e. The highest BCUT2D eigenvalue weighted by molar-refractivity contribution is 6.31. The Morgan fingerprint density at radius 3 is 2.79 bits per heavy atom. The van der Waals surface area contributed by atoms with E-state index in [1.54, 1.807) is 30.5 Å². The lowest BCUT2D eigenvalue weighted by Gasteiger charge is -2.13. The van der Waals surface area contributed by atoms with Crippen LogP contribution in [0, 0.1) is 6.92 Å². The average molecular weight is 397 g/mol. The van der Waals surface area contributed by atoms with Crippen molar-refractivity contribution in [2.45, 2.75) is 20.3 Å². The molecule has 0 aliphatic rings. The van der Waals surface area contributed by atoms with E-state index in [4.69, 9.17) is 16.3 Å². The van der Waals surface area contributed by atoms with E-state index in [0.29, 0.717) is 22.4 Å². The predicted octanol–water partition coefficient (Wildman–Crippen LogP) is 5.01. The predicted molar refractivity (Wildman–Crippen MR) is 112 cm³/mol. The van der Waals surface area contributed by atoms with Gasteiger partial charge in [0.05, 0.1) is 12.8 Å². The van der Waals surface area contributed by atoms with Crippen LogP contribution in [0.1, 0.15) is 28.5 Å². The van der Waals surface area contributed by atoms with E-state index >= 15 is 0 Å². The van der Waals surface area contributed by atoms with Crippen molar-refractivity contribution in [3.05, 3.63) is 70.5 Å². The summed E-state index contributed by atoms with van der Waals surface area (Å²) in [7, 11) is 1.53. The first-order valence-corrected chi connectivity index (χ1v) is 9.23. The topological polar surface area (TPSA) is 76.1 Å². The molecule has 0 saturated carbocycles. The maximum absolute atomic E-state index is 12.7. The number of hydrogen-bond donors (Lipinski definition) is 2. The van der Waals surface area contributed by atoms with Crippen LogP contribution in [-0.4, -0.2) is 23.0 Å². The molecule has 0 spiro atoms. The molecule has 3 aromatic rings. The third-order valence-electron chi connectivity index (χ3n) is 4.27. The number of nitrogens with one attached hydrogen (secondary N) is 2. The lowest BCUT2D eigenvalue weighted by molar-refractivity contribution is 0.102. The third-order valence-corrected chi connectivity index (χ3v) is 4.51. The number of aromatic nitrogens is 2. The Morgan fingerprint density at radius 2 is 2.04 bits per heavy atom. The van der Waals surface area contributed by atoms with Crippen molar-refractivity contribution in [1.82, 2.24) is 9.97 Å². The van der Waals surface area contributed by atoms with Crippen LogP contribution in [0.4, 0.5) is 17.3 Å². The number of para-hydroxylation sites is 1. The summed E-state index contributed by atoms with van der Waals surface area (Å²) in [6, 6.07) is 12.6. The van der Waals surface area contributed by atoms with Crippen LogP contribution in [0.5, 0.6) is 5.75 Å². The van der Waals surface area contributed by atoms with Crippen LogP contribution in [0.15, 0.2) is 48.7 Å². The molecule has 0 atom stereocenters. The molecule has 28 heavy (non-hydrogen) atoms. The van der Waals surface area contributed by atoms with Gasteiger partial charge < -0.3 is 15.4 Å². The Bertz CT molecular complexity index is 1010. The molecule has 0 aliphatic carbocycles. The van der Waals surface area contributed by atoms with Gasteiger partial charge in [-0.3, -0.25) is 4.79 Å². The Balaban J connectivity index is 1.84. The number of methoxy groups -OCH3 is 1. The summed E-state index contributed by atoms with van der Waals surface area (Å²) in [6.07, 6.45) is 2.42. The minimum Gasteiger partial charge on any atom is -0.495 e. The van der Waals surface area contributed by atoms with Crippen LogP contribution in [0.2, 0.25) is 5.02 Å². The van der Waals surface area contributed by atoms with Crippen molar-refractivity contribution in [3.8, 4) is 5.75 Å². The van der Waals surface area contributed by atoms with E-state index < -0.39 is 0 Å². The van der Waals surface area contributed by atoms with Gasteiger partial charge in [-0.15, -0.1) is 0 Å². The molecule has 144 valence electrons. The summed E-state index contributed by atoms with van der Waals surface area (Å²) in [5.41, 5.74) is 3.90. The van der Waals surface area contributed by atoms with E-state index in [1.807, 2.05) is 19.1 Å². The normalized spacial score (nSPS) is 10.4. The molecule has 0 bridgehead atoms. The molecule has 1 aromatic heterocycles. The SMILES string of the molecule is CCc1cccc(C)c1Nc1nccc(C(=O)Nc2cc(Cl)ccc2OC)n1. The summed E-state index contributed by atoms with van der Waals surface area (Å²) in [4.78, 5) is 21.3. The molecule has 0 unspecified atom stereocenters. The number of halogens is 1. The zero-order valence-corrected chi connectivity index (χ0v) is 16.7. The van der Waals surface area contributed by atoms with Gasteiger partial charge in [-0.2, -0.15) is 0 Å². The van der Waals surface area contributed by atoms with Crippen molar-refractivity contribution >= 4 is 34.8 Å². The minimum absolute atomic E-state index is 0.228. The molecule has 0 saturated heterocycles. The number of aryl methyl sites for hydroxylation is 2. The average Bonchev–Trinajstić information content (AvgIpc) is 2.70. The molecular weight excluding hydrogens is 376 g/mol. The van der Waals surface area contributed by atoms with E-state index in [2.05, 4.69) is 33.6 Å². The molecule has 3 rings (SSSR count). The maximum Gasteiger partial charge on any atom is 0.274 e. The van der Waals surface area contributed by atoms with Crippen LogP contribution < -0.4 is 15.4 Å². The summed E-state index contributed by atoms with van der Waals surface area (Å²) in [6.45, 7) is 4.10. The van der Waals surface area contributed by atoms with Crippen LogP contribution in [0.25, 0.3) is 0 Å². The van der Waals surface area contributed by atoms with Crippen LogP contribution in [-0.2, 0) is 6.42 Å². The Kier molecular flexibility index (Phi) is 6.11. The number of anilines is 3. The molecule has 1 heterocycles. The lowest BCUT2D eigenvalue weighted by atomic mass is 10.1. The van der Waals surface area contributed by atoms with Gasteiger partial charge in [-0.25, -0.2) is 9.97 Å². The molecule has 0 radical (unpaired) electrons. The fourth-order valence-electron chi connectivity index (χ4n) is 2.82. The fraction of sp³-hybridized carbons (Fsp3) is 0.190. The first-order chi connectivity index (χ1) is 13.5. The van der Waals surface area contributed by atoms with Crippen LogP contribution in [0.3, 0.4) is 0 Å². The largest absolute Gasteiger partial charge is 0.495 e. The standard InChI is InChI=1S/C21H21ClN4O2/c1-4-14-7-5-6-13(2)19(14)26-21-23-11-10-16(25-21)20(27)24-17-12-15(22)8-9-18(17)28-3/h5-12H,4H2,1-3H3,(H,24,27)(H,23,25,26). The molecule has 2 N–H and O–H groups in total. The highest BCUT2D eigenvalue weighted by Gasteiger charge is 2.14. The van der Waals surface area contributed by atoms with E-state index in [9.17, 15) is 4.79 Å². The quantitative estimate of drug-likeness (QED) is 0.612. The van der Waals surface area contributed by atoms with E-state index in [-0.39, 0.29) is 11.6 Å². The first-order valence-electron chi connectivity index (χ1n) is 8.85. The number of amides is 1. The zero-order valence-electron chi connectivity index (χ0n) is 15.9. The van der Waals surface area contributed by atoms with Gasteiger partial charge in [0.15, 0.2) is 0 Å². The number of carbonyl (C=O) groups is 1. The lowest BCUT2D eigenvalue weighted by Crippen LogP contribution is -2.15. The van der Waals surface area contributed by atoms with Crippen molar-refractivity contribution in [2.75, 3.05) is 17.7 Å². The Morgan fingerprint density at radius 1 is 1.21 bits per heavy atom. The van der Waals surface area contributed by atoms with Crippen molar-refractivity contribution < 1.29 is 9.53 Å². The molecule has 7 heteroatoms. The molecular formula is C21H21ClN4O2. The second-order valence-electron chi connectivity index (χ2n) is 6.15. The Hall–Kier alpha value is -3.12. The Labute approximate surface area is 168 Å². The highest BCUT2D eigenvalue weighted by Crippen LogP contribution is 2.28. The van der Waals surface area contributed by atoms with Gasteiger partial charge in [0, 0.05) is 16.9 Å². The molecule has 0 aliphatic heterocycles. The second kappa shape index (κ2) is 8.71. The minimum atomic E-state index is -0.383. The maximum atomic E-state index is 12.7. The number of nitrogens with zero attached hydrogens (tertiary/aromatic N) is 2. The summed E-state index contributed by atoms with van der Waals surface area (Å²) in [5.74, 6) is 0.485. The van der Waals surface area contributed by atoms with Gasteiger partial charge in [-0.1, -0.05) is 36.7 Å². The molecule has 1 amide bonds. The van der Waals surface area contributed by atoms with Gasteiger partial charge in [0.25, 0.3) is 5.91 Å².